The Morgan fingerprint density at radius 2 is 2.06 bits per heavy atom. The predicted octanol–water partition coefficient (Wildman–Crippen LogP) is 3.69. The Hall–Kier alpha value is -1.62. The summed E-state index contributed by atoms with van der Waals surface area (Å²) in [4.78, 5) is 4.47. The molecule has 2 nitrogen and oxygen atoms in total. The first-order chi connectivity index (χ1) is 8.69. The monoisotopic (exact) mass is 266 g/mol. The Bertz CT molecular complexity index is 529. The standard InChI is InChI=1S/C13H12F2N2S/c1-16-13-5-2-9(7-17-13)8-18-12-6-10(14)3-4-11(12)15/h2-7H,8H2,1H3,(H,16,17). The van der Waals surface area contributed by atoms with Crippen molar-refractivity contribution in [2.75, 3.05) is 12.4 Å². The molecular weight excluding hydrogens is 254 g/mol. The molecule has 0 atom stereocenters. The van der Waals surface area contributed by atoms with Gasteiger partial charge < -0.3 is 5.32 Å². The molecule has 1 aromatic heterocycles. The summed E-state index contributed by atoms with van der Waals surface area (Å²) in [5.74, 6) is 0.502. The third-order valence-electron chi connectivity index (χ3n) is 2.37. The summed E-state index contributed by atoms with van der Waals surface area (Å²) >= 11 is 1.25. The van der Waals surface area contributed by atoms with Gasteiger partial charge in [-0.05, 0) is 29.8 Å². The second kappa shape index (κ2) is 5.82. The van der Waals surface area contributed by atoms with Crippen molar-refractivity contribution < 1.29 is 8.78 Å². The van der Waals surface area contributed by atoms with Crippen LogP contribution in [0.1, 0.15) is 5.56 Å². The van der Waals surface area contributed by atoms with E-state index in [1.165, 1.54) is 17.8 Å². The summed E-state index contributed by atoms with van der Waals surface area (Å²) in [5.41, 5.74) is 0.961. The minimum Gasteiger partial charge on any atom is -0.373 e. The topological polar surface area (TPSA) is 24.9 Å². The number of halogens is 2. The van der Waals surface area contributed by atoms with Crippen LogP contribution in [0.3, 0.4) is 0 Å². The van der Waals surface area contributed by atoms with E-state index in [1.54, 1.807) is 13.2 Å². The first kappa shape index (κ1) is 12.8. The maximum atomic E-state index is 13.4. The molecule has 0 fully saturated rings. The Kier molecular flexibility index (Phi) is 4.15. The van der Waals surface area contributed by atoms with Gasteiger partial charge in [0.25, 0.3) is 0 Å². The van der Waals surface area contributed by atoms with Crippen LogP contribution in [0.5, 0.6) is 0 Å². The fraction of sp³-hybridized carbons (Fsp3) is 0.154. The number of thioether (sulfide) groups is 1. The summed E-state index contributed by atoms with van der Waals surface area (Å²) in [6.45, 7) is 0. The van der Waals surface area contributed by atoms with Crippen molar-refractivity contribution >= 4 is 17.6 Å². The first-order valence-corrected chi connectivity index (χ1v) is 6.38. The molecule has 1 N–H and O–H groups in total. The van der Waals surface area contributed by atoms with Crippen molar-refractivity contribution in [3.05, 3.63) is 53.7 Å². The number of aromatic nitrogens is 1. The molecule has 94 valence electrons. The fourth-order valence-corrected chi connectivity index (χ4v) is 2.30. The van der Waals surface area contributed by atoms with E-state index in [9.17, 15) is 8.78 Å². The molecule has 0 saturated carbocycles. The van der Waals surface area contributed by atoms with Gasteiger partial charge in [-0.3, -0.25) is 0 Å². The van der Waals surface area contributed by atoms with E-state index in [0.29, 0.717) is 10.6 Å². The Morgan fingerprint density at radius 3 is 2.72 bits per heavy atom. The number of hydrogen-bond acceptors (Lipinski definition) is 3. The second-order valence-electron chi connectivity index (χ2n) is 3.67. The molecule has 0 spiro atoms. The zero-order valence-electron chi connectivity index (χ0n) is 9.78. The summed E-state index contributed by atoms with van der Waals surface area (Å²) in [6, 6.07) is 7.21. The van der Waals surface area contributed by atoms with Crippen LogP contribution in [0, 0.1) is 11.6 Å². The molecule has 0 amide bonds. The minimum atomic E-state index is -0.428. The van der Waals surface area contributed by atoms with Gasteiger partial charge in [0, 0.05) is 23.9 Å². The lowest BCUT2D eigenvalue weighted by Crippen LogP contribution is -1.92. The number of rotatable bonds is 4. The molecule has 18 heavy (non-hydrogen) atoms. The summed E-state index contributed by atoms with van der Waals surface area (Å²) in [5, 5.41) is 2.92. The van der Waals surface area contributed by atoms with Crippen molar-refractivity contribution in [1.29, 1.82) is 0 Å². The van der Waals surface area contributed by atoms with Gasteiger partial charge in [-0.1, -0.05) is 6.07 Å². The molecule has 2 aromatic rings. The number of nitrogens with zero attached hydrogens (tertiary/aromatic N) is 1. The molecule has 5 heteroatoms. The molecule has 1 heterocycles. The van der Waals surface area contributed by atoms with Gasteiger partial charge in [0.1, 0.15) is 17.5 Å². The van der Waals surface area contributed by atoms with Gasteiger partial charge in [-0.2, -0.15) is 0 Å². The Balaban J connectivity index is 2.04. The van der Waals surface area contributed by atoms with Crippen molar-refractivity contribution in [2.24, 2.45) is 0 Å². The van der Waals surface area contributed by atoms with Gasteiger partial charge in [-0.15, -0.1) is 11.8 Å². The van der Waals surface area contributed by atoms with Crippen LogP contribution in [0.15, 0.2) is 41.4 Å². The third kappa shape index (κ3) is 3.20. The molecular formula is C13H12F2N2S. The SMILES string of the molecule is CNc1ccc(CSc2cc(F)ccc2F)cn1. The zero-order chi connectivity index (χ0) is 13.0. The van der Waals surface area contributed by atoms with E-state index in [0.717, 1.165) is 23.5 Å². The van der Waals surface area contributed by atoms with Crippen LogP contribution >= 0.6 is 11.8 Å². The summed E-state index contributed by atoms with van der Waals surface area (Å²) in [7, 11) is 1.79. The van der Waals surface area contributed by atoms with Gasteiger partial charge in [0.2, 0.25) is 0 Å². The molecule has 0 saturated heterocycles. The van der Waals surface area contributed by atoms with E-state index >= 15 is 0 Å². The van der Waals surface area contributed by atoms with Crippen LogP contribution in [0.25, 0.3) is 0 Å². The lowest BCUT2D eigenvalue weighted by Gasteiger charge is -2.04. The third-order valence-corrected chi connectivity index (χ3v) is 3.47. The van der Waals surface area contributed by atoms with Gasteiger partial charge in [0.05, 0.1) is 0 Å². The second-order valence-corrected chi connectivity index (χ2v) is 4.68. The largest absolute Gasteiger partial charge is 0.373 e. The number of nitrogens with one attached hydrogen (secondary N) is 1. The number of benzene rings is 1. The quantitative estimate of drug-likeness (QED) is 0.854. The van der Waals surface area contributed by atoms with Gasteiger partial charge in [0.15, 0.2) is 0 Å². The van der Waals surface area contributed by atoms with Crippen molar-refractivity contribution in [3.8, 4) is 0 Å². The van der Waals surface area contributed by atoms with E-state index in [4.69, 9.17) is 0 Å². The molecule has 1 aromatic carbocycles. The van der Waals surface area contributed by atoms with E-state index in [1.807, 2.05) is 12.1 Å². The molecule has 2 rings (SSSR count). The number of anilines is 1. The lowest BCUT2D eigenvalue weighted by molar-refractivity contribution is 0.577. The maximum absolute atomic E-state index is 13.4. The average Bonchev–Trinajstić information content (AvgIpc) is 2.40. The van der Waals surface area contributed by atoms with E-state index in [2.05, 4.69) is 10.3 Å². The highest BCUT2D eigenvalue weighted by Gasteiger charge is 2.05. The Labute approximate surface area is 108 Å². The van der Waals surface area contributed by atoms with Crippen LogP contribution in [0.2, 0.25) is 0 Å². The molecule has 0 aliphatic carbocycles. The molecule has 0 unspecified atom stereocenters. The minimum absolute atomic E-state index is 0.313. The molecule has 0 bridgehead atoms. The van der Waals surface area contributed by atoms with E-state index in [-0.39, 0.29) is 0 Å². The van der Waals surface area contributed by atoms with Gasteiger partial charge in [-0.25, -0.2) is 13.8 Å². The van der Waals surface area contributed by atoms with Crippen molar-refractivity contribution in [2.45, 2.75) is 10.6 Å². The van der Waals surface area contributed by atoms with Crippen LogP contribution in [-0.2, 0) is 5.75 Å². The van der Waals surface area contributed by atoms with E-state index < -0.39 is 11.6 Å². The zero-order valence-corrected chi connectivity index (χ0v) is 10.6. The average molecular weight is 266 g/mol. The predicted molar refractivity (Wildman–Crippen MR) is 69.7 cm³/mol. The Morgan fingerprint density at radius 1 is 1.22 bits per heavy atom. The smallest absolute Gasteiger partial charge is 0.136 e. The number of hydrogen-bond donors (Lipinski definition) is 1. The number of pyridine rings is 1. The fourth-order valence-electron chi connectivity index (χ4n) is 1.41. The highest BCUT2D eigenvalue weighted by Crippen LogP contribution is 2.26. The highest BCUT2D eigenvalue weighted by atomic mass is 32.2. The van der Waals surface area contributed by atoms with Crippen LogP contribution in [0.4, 0.5) is 14.6 Å². The first-order valence-electron chi connectivity index (χ1n) is 5.39. The van der Waals surface area contributed by atoms with Crippen LogP contribution < -0.4 is 5.32 Å². The molecule has 0 radical (unpaired) electrons. The van der Waals surface area contributed by atoms with Crippen molar-refractivity contribution in [1.82, 2.24) is 4.98 Å². The summed E-state index contributed by atoms with van der Waals surface area (Å²) in [6.07, 6.45) is 1.72. The highest BCUT2D eigenvalue weighted by molar-refractivity contribution is 7.98. The summed E-state index contributed by atoms with van der Waals surface area (Å²) < 4.78 is 26.3. The maximum Gasteiger partial charge on any atom is 0.136 e. The molecule has 0 aliphatic rings. The molecule has 0 aliphatic heterocycles. The van der Waals surface area contributed by atoms with Crippen molar-refractivity contribution in [3.63, 3.8) is 0 Å². The van der Waals surface area contributed by atoms with Crippen LogP contribution in [-0.4, -0.2) is 12.0 Å². The lowest BCUT2D eigenvalue weighted by atomic mass is 10.3. The normalized spacial score (nSPS) is 10.4. The van der Waals surface area contributed by atoms with Gasteiger partial charge >= 0.3 is 0 Å².